The normalized spacial score (nSPS) is 12.0. The summed E-state index contributed by atoms with van der Waals surface area (Å²) in [6, 6.07) is 0. The van der Waals surface area contributed by atoms with Crippen molar-refractivity contribution in [2.45, 2.75) is 19.6 Å². The largest absolute Gasteiger partial charge is 0.300 e. The van der Waals surface area contributed by atoms with Crippen LogP contribution in [0.5, 0.6) is 0 Å². The van der Waals surface area contributed by atoms with Crippen molar-refractivity contribution in [3.8, 4) is 0 Å². The van der Waals surface area contributed by atoms with Crippen LogP contribution in [0.15, 0.2) is 0 Å². The molecule has 0 saturated carbocycles. The van der Waals surface area contributed by atoms with Crippen molar-refractivity contribution < 1.29 is 9.15 Å². The summed E-state index contributed by atoms with van der Waals surface area (Å²) in [6.07, 6.45) is 0. The van der Waals surface area contributed by atoms with Crippen LogP contribution >= 0.6 is 0 Å². The summed E-state index contributed by atoms with van der Waals surface area (Å²) in [7, 11) is 1.31. The van der Waals surface area contributed by atoms with Crippen LogP contribution in [0.1, 0.15) is 0 Å². The Labute approximate surface area is 48.4 Å². The Morgan fingerprint density at radius 2 is 1.71 bits per heavy atom. The van der Waals surface area contributed by atoms with Crippen LogP contribution in [0.3, 0.4) is 0 Å². The van der Waals surface area contributed by atoms with Crippen LogP contribution in [0, 0.1) is 0 Å². The fraction of sp³-hybridized carbons (Fsp3) is 1.00. The summed E-state index contributed by atoms with van der Waals surface area (Å²) in [4.78, 5) is 0. The second kappa shape index (κ2) is 2.61. The Morgan fingerprint density at radius 1 is 1.29 bits per heavy atom. The molecule has 0 unspecified atom stereocenters. The fourth-order valence-corrected chi connectivity index (χ4v) is 1.13. The molecule has 0 spiro atoms. The molecule has 3 radical (unpaired) electrons. The first-order valence-electron chi connectivity index (χ1n) is 2.07. The summed E-state index contributed by atoms with van der Waals surface area (Å²) in [5.74, 6) is 0. The average molecular weight is 133 g/mol. The van der Waals surface area contributed by atoms with Gasteiger partial charge in [-0.15, -0.1) is 0 Å². The molecule has 0 saturated heterocycles. The summed E-state index contributed by atoms with van der Waals surface area (Å²) in [5.41, 5.74) is 0. The monoisotopic (exact) mass is 133 g/mol. The summed E-state index contributed by atoms with van der Waals surface area (Å²) >= 11 is 0. The maximum atomic E-state index is 4.78. The van der Waals surface area contributed by atoms with Crippen LogP contribution in [-0.4, -0.2) is 18.8 Å². The van der Waals surface area contributed by atoms with Crippen molar-refractivity contribution in [3.05, 3.63) is 0 Å². The van der Waals surface area contributed by atoms with Crippen molar-refractivity contribution >= 4 is 18.8 Å². The van der Waals surface area contributed by atoms with Crippen molar-refractivity contribution in [1.82, 2.24) is 0 Å². The summed E-state index contributed by atoms with van der Waals surface area (Å²) in [5, 5.41) is 0. The Kier molecular flexibility index (Phi) is 2.74. The minimum Gasteiger partial charge on any atom is -0.300 e. The Morgan fingerprint density at radius 3 is 1.71 bits per heavy atom. The number of hydrogen-bond acceptors (Lipinski definition) is 2. The molecule has 0 aliphatic carbocycles. The molecular formula is C3H9O2Si2. The third kappa shape index (κ3) is 6.35. The van der Waals surface area contributed by atoms with Crippen LogP contribution in [-0.2, 0) is 9.15 Å². The molecule has 0 bridgehead atoms. The molecule has 7 heavy (non-hydrogen) atoms. The highest BCUT2D eigenvalue weighted by Crippen LogP contribution is 2.00. The van der Waals surface area contributed by atoms with Gasteiger partial charge in [-0.3, -0.25) is 9.15 Å². The van der Waals surface area contributed by atoms with Gasteiger partial charge in [-0.25, -0.2) is 0 Å². The first-order valence-corrected chi connectivity index (χ1v) is 5.89. The maximum Gasteiger partial charge on any atom is 0.300 e. The standard InChI is InChI=1S/C3H9O2Si2/c1-7(2,3)5-4-6/h1-3H3. The molecule has 2 nitrogen and oxygen atoms in total. The Hall–Kier alpha value is 0.354. The molecular weight excluding hydrogens is 124 g/mol. The predicted molar refractivity (Wildman–Crippen MR) is 31.3 cm³/mol. The molecule has 0 N–H and O–H groups in total. The van der Waals surface area contributed by atoms with E-state index < -0.39 is 8.32 Å². The molecule has 0 fully saturated rings. The zero-order valence-corrected chi connectivity index (χ0v) is 6.82. The average Bonchev–Trinajstić information content (AvgIpc) is 1.30. The molecule has 0 rings (SSSR count). The molecule has 4 heteroatoms. The van der Waals surface area contributed by atoms with Gasteiger partial charge in [0.1, 0.15) is 0 Å². The lowest BCUT2D eigenvalue weighted by atomic mass is 11.8. The van der Waals surface area contributed by atoms with Crippen molar-refractivity contribution in [2.24, 2.45) is 0 Å². The highest BCUT2D eigenvalue weighted by atomic mass is 28.4. The summed E-state index contributed by atoms with van der Waals surface area (Å²) in [6.45, 7) is 6.10. The smallest absolute Gasteiger partial charge is 0.300 e. The lowest BCUT2D eigenvalue weighted by Crippen LogP contribution is -2.24. The van der Waals surface area contributed by atoms with Gasteiger partial charge in [0.15, 0.2) is 0 Å². The topological polar surface area (TPSA) is 18.5 Å². The third-order valence-corrected chi connectivity index (χ3v) is 1.13. The van der Waals surface area contributed by atoms with E-state index in [2.05, 4.69) is 15.1 Å². The van der Waals surface area contributed by atoms with Crippen molar-refractivity contribution in [2.75, 3.05) is 0 Å². The molecule has 0 atom stereocenters. The lowest BCUT2D eigenvalue weighted by Gasteiger charge is -2.12. The molecule has 0 aliphatic heterocycles. The van der Waals surface area contributed by atoms with Crippen LogP contribution < -0.4 is 0 Å². The maximum absolute atomic E-state index is 4.78. The van der Waals surface area contributed by atoms with Gasteiger partial charge < -0.3 is 0 Å². The van der Waals surface area contributed by atoms with Gasteiger partial charge in [0, 0.05) is 0 Å². The van der Waals surface area contributed by atoms with Crippen LogP contribution in [0.25, 0.3) is 0 Å². The molecule has 0 aromatic rings. The minimum absolute atomic E-state index is 1.43. The van der Waals surface area contributed by atoms with E-state index in [1.54, 1.807) is 0 Å². The first kappa shape index (κ1) is 7.35. The fourth-order valence-electron chi connectivity index (χ4n) is 0.125. The summed E-state index contributed by atoms with van der Waals surface area (Å²) < 4.78 is 9.06. The molecule has 0 aromatic carbocycles. The van der Waals surface area contributed by atoms with E-state index in [9.17, 15) is 0 Å². The number of rotatable bonds is 2. The number of hydrogen-bond donors (Lipinski definition) is 0. The molecule has 41 valence electrons. The van der Waals surface area contributed by atoms with Crippen molar-refractivity contribution in [3.63, 3.8) is 0 Å². The van der Waals surface area contributed by atoms with E-state index in [4.69, 9.17) is 4.58 Å². The van der Waals surface area contributed by atoms with E-state index in [-0.39, 0.29) is 0 Å². The van der Waals surface area contributed by atoms with Gasteiger partial charge in [0.25, 0.3) is 0 Å². The lowest BCUT2D eigenvalue weighted by molar-refractivity contribution is -0.105. The molecule has 0 aliphatic rings. The highest BCUT2D eigenvalue weighted by molar-refractivity contribution is 6.69. The molecule has 0 amide bonds. The Bertz CT molecular complexity index is 49.4. The van der Waals surface area contributed by atoms with E-state index in [1.165, 1.54) is 0 Å². The van der Waals surface area contributed by atoms with Gasteiger partial charge in [0.05, 0.1) is 0 Å². The second-order valence-electron chi connectivity index (χ2n) is 2.28. The highest BCUT2D eigenvalue weighted by Gasteiger charge is 2.14. The van der Waals surface area contributed by atoms with E-state index >= 15 is 0 Å². The van der Waals surface area contributed by atoms with Gasteiger partial charge >= 0.3 is 10.5 Å². The molecule has 0 heterocycles. The zero-order valence-electron chi connectivity index (χ0n) is 4.82. The van der Waals surface area contributed by atoms with Gasteiger partial charge in [-0.1, -0.05) is 0 Å². The van der Waals surface area contributed by atoms with Crippen molar-refractivity contribution in [1.29, 1.82) is 0 Å². The Balaban J connectivity index is 3.15. The van der Waals surface area contributed by atoms with Crippen LogP contribution in [0.2, 0.25) is 19.6 Å². The van der Waals surface area contributed by atoms with Gasteiger partial charge in [-0.2, -0.15) is 0 Å². The SMILES string of the molecule is C[Si](C)(C)OO[Si]. The quantitative estimate of drug-likeness (QED) is 0.316. The second-order valence-corrected chi connectivity index (χ2v) is 6.84. The van der Waals surface area contributed by atoms with Gasteiger partial charge in [-0.05, 0) is 19.6 Å². The first-order chi connectivity index (χ1) is 3.06. The van der Waals surface area contributed by atoms with E-state index in [1.807, 2.05) is 19.6 Å². The van der Waals surface area contributed by atoms with Crippen LogP contribution in [0.4, 0.5) is 0 Å². The van der Waals surface area contributed by atoms with Gasteiger partial charge in [0.2, 0.25) is 8.32 Å². The predicted octanol–water partition coefficient (Wildman–Crippen LogP) is 0.853. The van der Waals surface area contributed by atoms with E-state index in [0.717, 1.165) is 0 Å². The van der Waals surface area contributed by atoms with E-state index in [0.29, 0.717) is 0 Å². The molecule has 0 aromatic heterocycles. The minimum atomic E-state index is -1.43. The third-order valence-electron chi connectivity index (χ3n) is 0.292. The zero-order chi connectivity index (χ0) is 5.91.